The quantitative estimate of drug-likeness (QED) is 0.745. The molecule has 0 aromatic heterocycles. The largest absolute Gasteiger partial charge is 0.768 e. The van der Waals surface area contributed by atoms with Gasteiger partial charge in [-0.05, 0) is 41.3 Å². The van der Waals surface area contributed by atoms with Crippen LogP contribution in [0.5, 0.6) is 0 Å². The first-order chi connectivity index (χ1) is 7.66. The second-order valence-electron chi connectivity index (χ2n) is 3.63. The normalized spacial score (nSPS) is 12.4. The molecule has 0 aliphatic carbocycles. The van der Waals surface area contributed by atoms with Crippen LogP contribution in [0.3, 0.4) is 0 Å². The van der Waals surface area contributed by atoms with E-state index in [-0.39, 0.29) is 0 Å². The van der Waals surface area contributed by atoms with Crippen LogP contribution in [0.25, 0.3) is 11.1 Å². The molecule has 16 heavy (non-hydrogen) atoms. The summed E-state index contributed by atoms with van der Waals surface area (Å²) >= 11 is -2.15. The Bertz CT molecular complexity index is 518. The van der Waals surface area contributed by atoms with E-state index in [4.69, 9.17) is 0 Å². The van der Waals surface area contributed by atoms with Crippen molar-refractivity contribution in [1.82, 2.24) is 0 Å². The van der Waals surface area contributed by atoms with Crippen molar-refractivity contribution in [2.45, 2.75) is 11.8 Å². The van der Waals surface area contributed by atoms with Crippen molar-refractivity contribution < 1.29 is 8.76 Å². The SMILES string of the molecule is Cc1cccc(-c2ccc(S(=O)[O-])cc2)c1. The van der Waals surface area contributed by atoms with E-state index < -0.39 is 11.1 Å². The van der Waals surface area contributed by atoms with Crippen molar-refractivity contribution in [3.8, 4) is 11.1 Å². The summed E-state index contributed by atoms with van der Waals surface area (Å²) in [6.45, 7) is 2.03. The minimum absolute atomic E-state index is 0.316. The molecule has 0 saturated carbocycles. The van der Waals surface area contributed by atoms with Gasteiger partial charge in [-0.2, -0.15) is 0 Å². The monoisotopic (exact) mass is 231 g/mol. The van der Waals surface area contributed by atoms with Crippen LogP contribution in [-0.2, 0) is 11.1 Å². The number of hydrogen-bond acceptors (Lipinski definition) is 2. The summed E-state index contributed by atoms with van der Waals surface area (Å²) in [5, 5.41) is 0. The number of benzene rings is 2. The fraction of sp³-hybridized carbons (Fsp3) is 0.0769. The second-order valence-corrected chi connectivity index (χ2v) is 4.57. The first kappa shape index (κ1) is 11.0. The summed E-state index contributed by atoms with van der Waals surface area (Å²) in [6.07, 6.45) is 0. The third-order valence-electron chi connectivity index (χ3n) is 2.40. The second kappa shape index (κ2) is 4.60. The van der Waals surface area contributed by atoms with E-state index in [1.807, 2.05) is 37.3 Å². The lowest BCUT2D eigenvalue weighted by atomic mass is 10.0. The molecule has 0 amide bonds. The Morgan fingerprint density at radius 1 is 1.00 bits per heavy atom. The summed E-state index contributed by atoms with van der Waals surface area (Å²) < 4.78 is 21.4. The first-order valence-corrected chi connectivity index (χ1v) is 6.01. The van der Waals surface area contributed by atoms with Gasteiger partial charge in [0.2, 0.25) is 0 Å². The molecule has 0 aliphatic rings. The Balaban J connectivity index is 2.38. The zero-order valence-electron chi connectivity index (χ0n) is 8.84. The molecule has 1 atom stereocenters. The highest BCUT2D eigenvalue weighted by atomic mass is 32.2. The minimum Gasteiger partial charge on any atom is -0.768 e. The van der Waals surface area contributed by atoms with Gasteiger partial charge in [-0.25, -0.2) is 0 Å². The summed E-state index contributed by atoms with van der Waals surface area (Å²) in [5.41, 5.74) is 3.31. The minimum atomic E-state index is -2.15. The molecule has 0 spiro atoms. The Labute approximate surface area is 97.2 Å². The molecule has 2 aromatic carbocycles. The predicted molar refractivity (Wildman–Crippen MR) is 63.8 cm³/mol. The standard InChI is InChI=1S/C13H12O2S/c1-10-3-2-4-12(9-10)11-5-7-13(8-6-11)16(14)15/h2-9H,1H3,(H,14,15)/p-1. The lowest BCUT2D eigenvalue weighted by molar-refractivity contribution is 0.537. The van der Waals surface area contributed by atoms with Crippen molar-refractivity contribution in [3.05, 3.63) is 54.1 Å². The molecule has 2 rings (SSSR count). The molecule has 2 aromatic rings. The Morgan fingerprint density at radius 3 is 2.25 bits per heavy atom. The smallest absolute Gasteiger partial charge is 0.0249 e. The number of aryl methyl sites for hydroxylation is 1. The Morgan fingerprint density at radius 2 is 1.69 bits per heavy atom. The van der Waals surface area contributed by atoms with Crippen molar-refractivity contribution in [3.63, 3.8) is 0 Å². The molecule has 0 heterocycles. The maximum Gasteiger partial charge on any atom is 0.0249 e. The maximum absolute atomic E-state index is 10.7. The van der Waals surface area contributed by atoms with Crippen LogP contribution >= 0.6 is 0 Å². The highest BCUT2D eigenvalue weighted by Crippen LogP contribution is 2.21. The topological polar surface area (TPSA) is 40.1 Å². The van der Waals surface area contributed by atoms with Crippen molar-refractivity contribution in [2.75, 3.05) is 0 Å². The number of hydrogen-bond donors (Lipinski definition) is 0. The van der Waals surface area contributed by atoms with Crippen molar-refractivity contribution in [1.29, 1.82) is 0 Å². The predicted octanol–water partition coefficient (Wildman–Crippen LogP) is 2.90. The Kier molecular flexibility index (Phi) is 3.17. The molecule has 0 saturated heterocycles. The van der Waals surface area contributed by atoms with Crippen LogP contribution in [0.15, 0.2) is 53.4 Å². The molecule has 82 valence electrons. The van der Waals surface area contributed by atoms with Gasteiger partial charge in [-0.1, -0.05) is 42.0 Å². The van der Waals surface area contributed by atoms with E-state index in [9.17, 15) is 8.76 Å². The molecular weight excluding hydrogens is 220 g/mol. The van der Waals surface area contributed by atoms with Crippen LogP contribution in [0.1, 0.15) is 5.56 Å². The molecule has 0 fully saturated rings. The average Bonchev–Trinajstić information content (AvgIpc) is 2.29. The van der Waals surface area contributed by atoms with Crippen molar-refractivity contribution in [2.24, 2.45) is 0 Å². The van der Waals surface area contributed by atoms with Crippen LogP contribution < -0.4 is 0 Å². The van der Waals surface area contributed by atoms with Crippen LogP contribution in [0.2, 0.25) is 0 Å². The highest BCUT2D eigenvalue weighted by molar-refractivity contribution is 7.79. The molecule has 1 unspecified atom stereocenters. The zero-order valence-corrected chi connectivity index (χ0v) is 9.66. The van der Waals surface area contributed by atoms with Crippen LogP contribution in [0, 0.1) is 6.92 Å². The highest BCUT2D eigenvalue weighted by Gasteiger charge is 1.98. The maximum atomic E-state index is 10.7. The van der Waals surface area contributed by atoms with Gasteiger partial charge in [0, 0.05) is 4.90 Å². The van der Waals surface area contributed by atoms with E-state index in [0.29, 0.717) is 4.90 Å². The average molecular weight is 231 g/mol. The lowest BCUT2D eigenvalue weighted by Gasteiger charge is -2.07. The van der Waals surface area contributed by atoms with E-state index in [1.165, 1.54) is 5.56 Å². The summed E-state index contributed by atoms with van der Waals surface area (Å²) in [4.78, 5) is 0.316. The molecular formula is C13H11O2S-. The van der Waals surface area contributed by atoms with E-state index in [0.717, 1.165) is 11.1 Å². The van der Waals surface area contributed by atoms with Crippen molar-refractivity contribution >= 4 is 11.1 Å². The van der Waals surface area contributed by atoms with Crippen LogP contribution in [0.4, 0.5) is 0 Å². The van der Waals surface area contributed by atoms with Gasteiger partial charge in [0.1, 0.15) is 0 Å². The van der Waals surface area contributed by atoms with Gasteiger partial charge in [0.15, 0.2) is 0 Å². The summed E-state index contributed by atoms with van der Waals surface area (Å²) in [6, 6.07) is 15.0. The third-order valence-corrected chi connectivity index (χ3v) is 3.06. The van der Waals surface area contributed by atoms with Gasteiger partial charge in [-0.15, -0.1) is 0 Å². The molecule has 2 nitrogen and oxygen atoms in total. The molecule has 0 aliphatic heterocycles. The summed E-state index contributed by atoms with van der Waals surface area (Å²) in [5.74, 6) is 0. The summed E-state index contributed by atoms with van der Waals surface area (Å²) in [7, 11) is 0. The first-order valence-electron chi connectivity index (χ1n) is 4.93. The fourth-order valence-electron chi connectivity index (χ4n) is 1.58. The van der Waals surface area contributed by atoms with Gasteiger partial charge in [0.05, 0.1) is 0 Å². The van der Waals surface area contributed by atoms with Gasteiger partial charge in [-0.3, -0.25) is 4.21 Å². The fourth-order valence-corrected chi connectivity index (χ4v) is 1.94. The molecule has 0 radical (unpaired) electrons. The molecule has 0 bridgehead atoms. The van der Waals surface area contributed by atoms with Crippen LogP contribution in [-0.4, -0.2) is 8.76 Å². The van der Waals surface area contributed by atoms with Gasteiger partial charge < -0.3 is 4.55 Å². The van der Waals surface area contributed by atoms with E-state index in [2.05, 4.69) is 6.07 Å². The zero-order chi connectivity index (χ0) is 11.5. The van der Waals surface area contributed by atoms with Gasteiger partial charge in [0.25, 0.3) is 0 Å². The van der Waals surface area contributed by atoms with E-state index in [1.54, 1.807) is 12.1 Å². The third kappa shape index (κ3) is 2.38. The number of rotatable bonds is 2. The van der Waals surface area contributed by atoms with E-state index >= 15 is 0 Å². The molecule has 0 N–H and O–H groups in total. The Hall–Kier alpha value is -1.45. The molecule has 3 heteroatoms. The van der Waals surface area contributed by atoms with Gasteiger partial charge >= 0.3 is 0 Å². The lowest BCUT2D eigenvalue weighted by Crippen LogP contribution is -1.88.